The lowest BCUT2D eigenvalue weighted by molar-refractivity contribution is -0.115. The molecule has 0 radical (unpaired) electrons. The largest absolute Gasteiger partial charge is 0.348 e. The van der Waals surface area contributed by atoms with Crippen LogP contribution in [0.25, 0.3) is 10.9 Å². The van der Waals surface area contributed by atoms with Crippen LogP contribution >= 0.6 is 0 Å². The van der Waals surface area contributed by atoms with E-state index in [4.69, 9.17) is 0 Å². The molecule has 3 rings (SSSR count). The van der Waals surface area contributed by atoms with E-state index in [0.717, 1.165) is 27.6 Å². The first-order chi connectivity index (χ1) is 12.3. The van der Waals surface area contributed by atoms with Crippen LogP contribution in [-0.2, 0) is 4.79 Å². The average Bonchev–Trinajstić information content (AvgIpc) is 2.96. The zero-order chi connectivity index (χ0) is 19.0. The van der Waals surface area contributed by atoms with E-state index in [1.807, 2.05) is 45.2 Å². The number of nitrogens with one attached hydrogen (secondary N) is 1. The van der Waals surface area contributed by atoms with Gasteiger partial charge in [-0.15, -0.1) is 0 Å². The van der Waals surface area contributed by atoms with Gasteiger partial charge in [0.05, 0.1) is 0 Å². The van der Waals surface area contributed by atoms with Gasteiger partial charge in [0.2, 0.25) is 0 Å². The van der Waals surface area contributed by atoms with E-state index in [1.165, 1.54) is 0 Å². The number of aryl methyl sites for hydroxylation is 1. The Morgan fingerprint density at radius 3 is 2.62 bits per heavy atom. The second-order valence-electron chi connectivity index (χ2n) is 7.50. The SMILES string of the molecule is CC1=CC(C)=C(CNC(=O)c2cc(C)cc3c2ccn3C(C)C)C(=O)C1. The molecule has 0 fully saturated rings. The molecule has 1 aromatic heterocycles. The third kappa shape index (κ3) is 3.36. The summed E-state index contributed by atoms with van der Waals surface area (Å²) in [6.45, 7) is 10.4. The molecule has 0 aliphatic heterocycles. The molecule has 26 heavy (non-hydrogen) atoms. The van der Waals surface area contributed by atoms with Crippen LogP contribution in [0.2, 0.25) is 0 Å². The highest BCUT2D eigenvalue weighted by molar-refractivity contribution is 6.08. The number of fused-ring (bicyclic) bond motifs is 1. The van der Waals surface area contributed by atoms with E-state index in [1.54, 1.807) is 0 Å². The van der Waals surface area contributed by atoms with Crippen molar-refractivity contribution < 1.29 is 9.59 Å². The van der Waals surface area contributed by atoms with E-state index in [9.17, 15) is 9.59 Å². The lowest BCUT2D eigenvalue weighted by atomic mass is 9.92. The zero-order valence-electron chi connectivity index (χ0n) is 16.1. The number of amides is 1. The highest BCUT2D eigenvalue weighted by atomic mass is 16.2. The van der Waals surface area contributed by atoms with Crippen molar-refractivity contribution in [2.24, 2.45) is 0 Å². The maximum Gasteiger partial charge on any atom is 0.252 e. The maximum absolute atomic E-state index is 12.8. The molecule has 1 aliphatic carbocycles. The smallest absolute Gasteiger partial charge is 0.252 e. The zero-order valence-corrected chi connectivity index (χ0v) is 16.1. The van der Waals surface area contributed by atoms with Gasteiger partial charge in [-0.2, -0.15) is 0 Å². The lowest BCUT2D eigenvalue weighted by Crippen LogP contribution is -2.29. The minimum Gasteiger partial charge on any atom is -0.348 e. The Hall–Kier alpha value is -2.62. The number of aromatic nitrogens is 1. The monoisotopic (exact) mass is 350 g/mol. The second kappa shape index (κ2) is 6.94. The van der Waals surface area contributed by atoms with Gasteiger partial charge >= 0.3 is 0 Å². The summed E-state index contributed by atoms with van der Waals surface area (Å²) < 4.78 is 2.17. The van der Waals surface area contributed by atoms with Gasteiger partial charge in [-0.25, -0.2) is 0 Å². The first-order valence-corrected chi connectivity index (χ1v) is 9.07. The molecule has 0 saturated carbocycles. The molecule has 0 atom stereocenters. The van der Waals surface area contributed by atoms with Crippen molar-refractivity contribution in [1.82, 2.24) is 9.88 Å². The van der Waals surface area contributed by atoms with Crippen molar-refractivity contribution in [3.63, 3.8) is 0 Å². The molecule has 0 saturated heterocycles. The normalized spacial score (nSPS) is 15.0. The minimum atomic E-state index is -0.139. The van der Waals surface area contributed by atoms with Crippen LogP contribution in [0.15, 0.2) is 47.2 Å². The number of nitrogens with zero attached hydrogens (tertiary/aromatic N) is 1. The molecule has 2 aromatic rings. The number of allylic oxidation sites excluding steroid dienone is 3. The standard InChI is InChI=1S/C22H26N2O2/c1-13(2)24-7-6-17-18(9-15(4)10-20(17)24)22(26)23-12-19-16(5)8-14(3)11-21(19)25/h6-10,13H,11-12H2,1-5H3,(H,23,26). The molecule has 1 heterocycles. The topological polar surface area (TPSA) is 51.1 Å². The summed E-state index contributed by atoms with van der Waals surface area (Å²) in [4.78, 5) is 25.1. The minimum absolute atomic E-state index is 0.100. The molecule has 1 aliphatic rings. The Morgan fingerprint density at radius 1 is 1.23 bits per heavy atom. The third-order valence-corrected chi connectivity index (χ3v) is 4.92. The number of ketones is 1. The second-order valence-corrected chi connectivity index (χ2v) is 7.50. The fourth-order valence-corrected chi connectivity index (χ4v) is 3.63. The number of hydrogen-bond donors (Lipinski definition) is 1. The van der Waals surface area contributed by atoms with E-state index in [0.29, 0.717) is 23.6 Å². The first kappa shape index (κ1) is 18.2. The van der Waals surface area contributed by atoms with Crippen molar-refractivity contribution >= 4 is 22.6 Å². The summed E-state index contributed by atoms with van der Waals surface area (Å²) in [6, 6.07) is 6.34. The van der Waals surface area contributed by atoms with Crippen LogP contribution in [0.5, 0.6) is 0 Å². The summed E-state index contributed by atoms with van der Waals surface area (Å²) in [5.74, 6) is -0.0391. The van der Waals surface area contributed by atoms with Gasteiger partial charge in [0.25, 0.3) is 5.91 Å². The third-order valence-electron chi connectivity index (χ3n) is 4.92. The highest BCUT2D eigenvalue weighted by Gasteiger charge is 2.19. The molecule has 0 spiro atoms. The summed E-state index contributed by atoms with van der Waals surface area (Å²) >= 11 is 0. The quantitative estimate of drug-likeness (QED) is 0.883. The van der Waals surface area contributed by atoms with E-state index in [-0.39, 0.29) is 18.2 Å². The molecule has 4 nitrogen and oxygen atoms in total. The molecule has 4 heteroatoms. The number of benzene rings is 1. The lowest BCUT2D eigenvalue weighted by Gasteiger charge is -2.16. The van der Waals surface area contributed by atoms with Gasteiger partial charge in [-0.1, -0.05) is 11.6 Å². The van der Waals surface area contributed by atoms with Crippen molar-refractivity contribution in [3.05, 3.63) is 58.3 Å². The predicted octanol–water partition coefficient (Wildman–Crippen LogP) is 4.50. The average molecular weight is 350 g/mol. The summed E-state index contributed by atoms with van der Waals surface area (Å²) in [5, 5.41) is 3.89. The molecule has 1 amide bonds. The molecule has 0 unspecified atom stereocenters. The van der Waals surface area contributed by atoms with E-state index in [2.05, 4.69) is 29.8 Å². The number of Topliss-reactive ketones (excluding diaryl/α,β-unsaturated/α-hetero) is 1. The Bertz CT molecular complexity index is 958. The Morgan fingerprint density at radius 2 is 1.96 bits per heavy atom. The van der Waals surface area contributed by atoms with Gasteiger partial charge < -0.3 is 9.88 Å². The maximum atomic E-state index is 12.8. The summed E-state index contributed by atoms with van der Waals surface area (Å²) in [7, 11) is 0. The van der Waals surface area contributed by atoms with Gasteiger partial charge in [0, 0.05) is 47.2 Å². The molecule has 1 aromatic carbocycles. The fraction of sp³-hybridized carbons (Fsp3) is 0.364. The van der Waals surface area contributed by atoms with Gasteiger partial charge in [0.1, 0.15) is 0 Å². The Labute approximate surface area is 154 Å². The summed E-state index contributed by atoms with van der Waals surface area (Å²) in [5.41, 5.74) is 5.48. The van der Waals surface area contributed by atoms with Crippen LogP contribution in [0, 0.1) is 6.92 Å². The van der Waals surface area contributed by atoms with Crippen LogP contribution in [0.4, 0.5) is 0 Å². The Kier molecular flexibility index (Phi) is 4.86. The molecule has 1 N–H and O–H groups in total. The van der Waals surface area contributed by atoms with Crippen LogP contribution < -0.4 is 5.32 Å². The van der Waals surface area contributed by atoms with Crippen LogP contribution in [0.1, 0.15) is 56.1 Å². The van der Waals surface area contributed by atoms with E-state index < -0.39 is 0 Å². The molecule has 0 bridgehead atoms. The van der Waals surface area contributed by atoms with Gasteiger partial charge in [0.15, 0.2) is 5.78 Å². The number of rotatable bonds is 4. The van der Waals surface area contributed by atoms with Crippen molar-refractivity contribution in [1.29, 1.82) is 0 Å². The highest BCUT2D eigenvalue weighted by Crippen LogP contribution is 2.26. The number of carbonyl (C=O) groups excluding carboxylic acids is 2. The van der Waals surface area contributed by atoms with Crippen LogP contribution in [0.3, 0.4) is 0 Å². The predicted molar refractivity (Wildman–Crippen MR) is 105 cm³/mol. The van der Waals surface area contributed by atoms with Crippen LogP contribution in [-0.4, -0.2) is 22.8 Å². The van der Waals surface area contributed by atoms with Gasteiger partial charge in [-0.3, -0.25) is 9.59 Å². The number of hydrogen-bond acceptors (Lipinski definition) is 2. The fourth-order valence-electron chi connectivity index (χ4n) is 3.63. The van der Waals surface area contributed by atoms with E-state index >= 15 is 0 Å². The molecule has 136 valence electrons. The van der Waals surface area contributed by atoms with Crippen molar-refractivity contribution in [2.45, 2.75) is 47.1 Å². The molecular formula is C22H26N2O2. The summed E-state index contributed by atoms with van der Waals surface area (Å²) in [6.07, 6.45) is 4.49. The molecular weight excluding hydrogens is 324 g/mol. The van der Waals surface area contributed by atoms with Crippen molar-refractivity contribution in [3.8, 4) is 0 Å². The van der Waals surface area contributed by atoms with Crippen molar-refractivity contribution in [2.75, 3.05) is 6.54 Å². The first-order valence-electron chi connectivity index (χ1n) is 9.07. The Balaban J connectivity index is 1.89. The van der Waals surface area contributed by atoms with Gasteiger partial charge in [-0.05, 0) is 64.0 Å². The number of carbonyl (C=O) groups is 2.